The van der Waals surface area contributed by atoms with Crippen LogP contribution in [0.15, 0.2) is 54.1 Å². The van der Waals surface area contributed by atoms with Gasteiger partial charge in [0.1, 0.15) is 0 Å². The molecule has 0 bridgehead atoms. The van der Waals surface area contributed by atoms with E-state index in [0.29, 0.717) is 13.1 Å². The molecule has 1 aromatic carbocycles. The zero-order valence-electron chi connectivity index (χ0n) is 18.0. The Morgan fingerprint density at radius 2 is 1.83 bits per heavy atom. The van der Waals surface area contributed by atoms with Crippen molar-refractivity contribution in [3.8, 4) is 0 Å². The van der Waals surface area contributed by atoms with E-state index >= 15 is 0 Å². The monoisotopic (exact) mass is 429 g/mol. The SMILES string of the molecule is CCS(=O)(=O)c1ncc(CN(C)CCc2cnn(C)c2)n1CCCc1ccccc1. The van der Waals surface area contributed by atoms with Crippen molar-refractivity contribution in [1.29, 1.82) is 0 Å². The van der Waals surface area contributed by atoms with Gasteiger partial charge in [-0.2, -0.15) is 5.10 Å². The van der Waals surface area contributed by atoms with Crippen molar-refractivity contribution in [3.63, 3.8) is 0 Å². The van der Waals surface area contributed by atoms with E-state index in [1.54, 1.807) is 17.8 Å². The zero-order valence-corrected chi connectivity index (χ0v) is 18.8. The molecular formula is C22H31N5O2S. The van der Waals surface area contributed by atoms with Crippen molar-refractivity contribution < 1.29 is 8.42 Å². The Bertz CT molecular complexity index is 1040. The normalized spacial score (nSPS) is 12.0. The van der Waals surface area contributed by atoms with Crippen molar-refractivity contribution in [2.24, 2.45) is 7.05 Å². The first-order valence-corrected chi connectivity index (χ1v) is 12.0. The van der Waals surface area contributed by atoms with E-state index in [1.807, 2.05) is 49.3 Å². The summed E-state index contributed by atoms with van der Waals surface area (Å²) >= 11 is 0. The van der Waals surface area contributed by atoms with Crippen LogP contribution in [0.2, 0.25) is 0 Å². The van der Waals surface area contributed by atoms with E-state index in [1.165, 1.54) is 11.1 Å². The van der Waals surface area contributed by atoms with E-state index in [0.717, 1.165) is 31.5 Å². The van der Waals surface area contributed by atoms with Crippen LogP contribution in [0.4, 0.5) is 0 Å². The van der Waals surface area contributed by atoms with Gasteiger partial charge in [-0.05, 0) is 37.4 Å². The largest absolute Gasteiger partial charge is 0.318 e. The molecule has 0 unspecified atom stereocenters. The first kappa shape index (κ1) is 22.2. The van der Waals surface area contributed by atoms with Gasteiger partial charge < -0.3 is 9.47 Å². The van der Waals surface area contributed by atoms with Gasteiger partial charge in [0, 0.05) is 32.9 Å². The van der Waals surface area contributed by atoms with Gasteiger partial charge in [-0.3, -0.25) is 4.68 Å². The standard InChI is InChI=1S/C22H31N5O2S/c1-4-30(28,29)22-23-16-21(18-25(2)14-12-20-15-24-26(3)17-20)27(22)13-8-11-19-9-6-5-7-10-19/h5-7,9-10,15-17H,4,8,11-14,18H2,1-3H3. The minimum absolute atomic E-state index is 0.0545. The number of nitrogens with zero attached hydrogens (tertiary/aromatic N) is 5. The average molecular weight is 430 g/mol. The molecule has 7 nitrogen and oxygen atoms in total. The second kappa shape index (κ2) is 10.0. The van der Waals surface area contributed by atoms with E-state index < -0.39 is 9.84 Å². The molecule has 0 aliphatic carbocycles. The van der Waals surface area contributed by atoms with Gasteiger partial charge in [0.05, 0.1) is 23.8 Å². The van der Waals surface area contributed by atoms with Crippen LogP contribution < -0.4 is 0 Å². The summed E-state index contributed by atoms with van der Waals surface area (Å²) in [6, 6.07) is 10.3. The number of sulfone groups is 1. The number of aryl methyl sites for hydroxylation is 2. The molecule has 0 amide bonds. The second-order valence-corrected chi connectivity index (χ2v) is 9.86. The Labute approximate surface area is 179 Å². The summed E-state index contributed by atoms with van der Waals surface area (Å²) < 4.78 is 28.8. The molecule has 0 fully saturated rings. The van der Waals surface area contributed by atoms with E-state index in [4.69, 9.17) is 0 Å². The summed E-state index contributed by atoms with van der Waals surface area (Å²) in [6.07, 6.45) is 8.28. The molecule has 0 atom stereocenters. The van der Waals surface area contributed by atoms with Crippen LogP contribution in [0.5, 0.6) is 0 Å². The summed E-state index contributed by atoms with van der Waals surface area (Å²) in [4.78, 5) is 6.49. The number of rotatable bonds is 11. The minimum Gasteiger partial charge on any atom is -0.318 e. The Balaban J connectivity index is 1.69. The molecular weight excluding hydrogens is 398 g/mol. The molecule has 0 aliphatic heterocycles. The lowest BCUT2D eigenvalue weighted by molar-refractivity contribution is 0.318. The predicted octanol–water partition coefficient (Wildman–Crippen LogP) is 2.72. The van der Waals surface area contributed by atoms with Crippen molar-refractivity contribution in [2.75, 3.05) is 19.3 Å². The fourth-order valence-corrected chi connectivity index (χ4v) is 4.51. The molecule has 2 aromatic heterocycles. The summed E-state index contributed by atoms with van der Waals surface area (Å²) in [5.41, 5.74) is 3.38. The number of aromatic nitrogens is 4. The van der Waals surface area contributed by atoms with Gasteiger partial charge >= 0.3 is 0 Å². The van der Waals surface area contributed by atoms with Gasteiger partial charge in [0.15, 0.2) is 0 Å². The first-order chi connectivity index (χ1) is 14.4. The Kier molecular flexibility index (Phi) is 7.44. The number of benzene rings is 1. The summed E-state index contributed by atoms with van der Waals surface area (Å²) in [6.45, 7) is 3.81. The van der Waals surface area contributed by atoms with Crippen molar-refractivity contribution in [1.82, 2.24) is 24.2 Å². The van der Waals surface area contributed by atoms with Gasteiger partial charge in [-0.1, -0.05) is 37.3 Å². The highest BCUT2D eigenvalue weighted by Gasteiger charge is 2.22. The van der Waals surface area contributed by atoms with E-state index in [9.17, 15) is 8.42 Å². The minimum atomic E-state index is -3.37. The molecule has 8 heteroatoms. The number of hydrogen-bond donors (Lipinski definition) is 0. The molecule has 0 radical (unpaired) electrons. The maximum atomic E-state index is 12.6. The molecule has 162 valence electrons. The van der Waals surface area contributed by atoms with Crippen LogP contribution in [-0.2, 0) is 42.8 Å². The van der Waals surface area contributed by atoms with E-state index in [-0.39, 0.29) is 10.9 Å². The van der Waals surface area contributed by atoms with Crippen LogP contribution in [-0.4, -0.2) is 52.0 Å². The Hall–Kier alpha value is -2.45. The highest BCUT2D eigenvalue weighted by molar-refractivity contribution is 7.91. The van der Waals surface area contributed by atoms with Gasteiger partial charge in [-0.25, -0.2) is 13.4 Å². The van der Waals surface area contributed by atoms with E-state index in [2.05, 4.69) is 27.1 Å². The second-order valence-electron chi connectivity index (χ2n) is 7.69. The third-order valence-electron chi connectivity index (χ3n) is 5.22. The molecule has 0 aliphatic rings. The molecule has 0 saturated heterocycles. The number of imidazole rings is 1. The molecule has 30 heavy (non-hydrogen) atoms. The lowest BCUT2D eigenvalue weighted by atomic mass is 10.1. The number of likely N-dealkylation sites (N-methyl/N-ethyl adjacent to an activating group) is 1. The Morgan fingerprint density at radius 1 is 1.07 bits per heavy atom. The quantitative estimate of drug-likeness (QED) is 0.469. The fraction of sp³-hybridized carbons (Fsp3) is 0.455. The third kappa shape index (κ3) is 5.79. The number of hydrogen-bond acceptors (Lipinski definition) is 5. The lowest BCUT2D eigenvalue weighted by Gasteiger charge is -2.18. The van der Waals surface area contributed by atoms with Crippen LogP contribution in [0.1, 0.15) is 30.2 Å². The van der Waals surface area contributed by atoms with Crippen LogP contribution >= 0.6 is 0 Å². The van der Waals surface area contributed by atoms with Gasteiger partial charge in [0.25, 0.3) is 0 Å². The highest BCUT2D eigenvalue weighted by Crippen LogP contribution is 2.17. The summed E-state index contributed by atoms with van der Waals surface area (Å²) in [5, 5.41) is 4.40. The predicted molar refractivity (Wildman–Crippen MR) is 118 cm³/mol. The maximum absolute atomic E-state index is 12.6. The molecule has 2 heterocycles. The lowest BCUT2D eigenvalue weighted by Crippen LogP contribution is -2.23. The first-order valence-electron chi connectivity index (χ1n) is 10.4. The molecule has 3 aromatic rings. The topological polar surface area (TPSA) is 73.0 Å². The van der Waals surface area contributed by atoms with Crippen LogP contribution in [0, 0.1) is 0 Å². The van der Waals surface area contributed by atoms with Crippen LogP contribution in [0.25, 0.3) is 0 Å². The smallest absolute Gasteiger partial charge is 0.227 e. The fourth-order valence-electron chi connectivity index (χ4n) is 3.50. The highest BCUT2D eigenvalue weighted by atomic mass is 32.2. The van der Waals surface area contributed by atoms with Crippen molar-refractivity contribution in [3.05, 3.63) is 65.7 Å². The maximum Gasteiger partial charge on any atom is 0.227 e. The average Bonchev–Trinajstić information content (AvgIpc) is 3.34. The molecule has 3 rings (SSSR count). The molecule has 0 N–H and O–H groups in total. The third-order valence-corrected chi connectivity index (χ3v) is 6.86. The Morgan fingerprint density at radius 3 is 2.50 bits per heavy atom. The van der Waals surface area contributed by atoms with Gasteiger partial charge in [0.2, 0.25) is 15.0 Å². The van der Waals surface area contributed by atoms with Crippen molar-refractivity contribution >= 4 is 9.84 Å². The van der Waals surface area contributed by atoms with Crippen molar-refractivity contribution in [2.45, 2.75) is 44.4 Å². The summed E-state index contributed by atoms with van der Waals surface area (Å²) in [5.74, 6) is 0.0545. The zero-order chi connectivity index (χ0) is 21.6. The van der Waals surface area contributed by atoms with Crippen LogP contribution in [0.3, 0.4) is 0 Å². The molecule has 0 spiro atoms. The van der Waals surface area contributed by atoms with Gasteiger partial charge in [-0.15, -0.1) is 0 Å². The molecule has 0 saturated carbocycles. The summed E-state index contributed by atoms with van der Waals surface area (Å²) in [7, 11) is 0.592.